The van der Waals surface area contributed by atoms with Gasteiger partial charge in [-0.2, -0.15) is 9.46 Å². The van der Waals surface area contributed by atoms with Crippen LogP contribution in [0.5, 0.6) is 5.88 Å². The maximum atomic E-state index is 16.0. The molecule has 1 aromatic heterocycles. The molecule has 2 amide bonds. The third-order valence-electron chi connectivity index (χ3n) is 9.95. The Labute approximate surface area is 291 Å². The smallest absolute Gasteiger partial charge is 0.331 e. The van der Waals surface area contributed by atoms with Crippen molar-refractivity contribution in [1.82, 2.24) is 14.5 Å². The number of nitrogens with zero attached hydrogens (tertiary/aromatic N) is 3. The van der Waals surface area contributed by atoms with Gasteiger partial charge in [0.25, 0.3) is 0 Å². The van der Waals surface area contributed by atoms with Crippen molar-refractivity contribution in [2.24, 2.45) is 4.36 Å². The molecule has 0 fully saturated rings. The molecule has 3 atom stereocenters. The van der Waals surface area contributed by atoms with Gasteiger partial charge in [-0.1, -0.05) is 97.1 Å². The van der Waals surface area contributed by atoms with Crippen LogP contribution in [0.2, 0.25) is 0 Å². The van der Waals surface area contributed by atoms with E-state index < -0.39 is 27.7 Å². The Bertz CT molecular complexity index is 2070. The van der Waals surface area contributed by atoms with Crippen LogP contribution in [0.4, 0.5) is 14.9 Å². The Hall–Kier alpha value is -5.00. The highest BCUT2D eigenvalue weighted by Crippen LogP contribution is 2.44. The molecule has 9 nitrogen and oxygen atoms in total. The predicted molar refractivity (Wildman–Crippen MR) is 189 cm³/mol. The molecule has 8 rings (SSSR count). The number of alkyl halides is 1. The van der Waals surface area contributed by atoms with Gasteiger partial charge in [0, 0.05) is 25.6 Å². The number of carbonyl (C=O) groups is 1. The summed E-state index contributed by atoms with van der Waals surface area (Å²) in [5.41, 5.74) is 5.39. The van der Waals surface area contributed by atoms with Crippen LogP contribution in [-0.2, 0) is 52.4 Å². The van der Waals surface area contributed by atoms with Crippen LogP contribution in [0.25, 0.3) is 0 Å². The van der Waals surface area contributed by atoms with E-state index >= 15 is 4.21 Å². The Morgan fingerprint density at radius 3 is 2.20 bits per heavy atom. The van der Waals surface area contributed by atoms with E-state index in [1.54, 1.807) is 11.8 Å². The third kappa shape index (κ3) is 5.64. The van der Waals surface area contributed by atoms with Gasteiger partial charge in [-0.05, 0) is 58.2 Å². The fraction of sp³-hybridized carbons (Fsp3) is 0.282. The number of aryl methyl sites for hydroxylation is 1. The number of hydrogen-bond acceptors (Lipinski definition) is 6. The van der Waals surface area contributed by atoms with Crippen LogP contribution in [0, 0.1) is 0 Å². The normalized spacial score (nSPS) is 19.0. The molecule has 1 unspecified atom stereocenters. The zero-order valence-electron chi connectivity index (χ0n) is 27.7. The van der Waals surface area contributed by atoms with E-state index in [1.165, 1.54) is 6.20 Å². The molecule has 0 bridgehead atoms. The highest BCUT2D eigenvalue weighted by molar-refractivity contribution is 7.92. The lowest BCUT2D eigenvalue weighted by molar-refractivity contribution is 0.0165. The second kappa shape index (κ2) is 13.0. The zero-order valence-corrected chi connectivity index (χ0v) is 28.5. The summed E-state index contributed by atoms with van der Waals surface area (Å²) in [7, 11) is -2.31. The Kier molecular flexibility index (Phi) is 8.40. The van der Waals surface area contributed by atoms with Gasteiger partial charge < -0.3 is 14.8 Å². The summed E-state index contributed by atoms with van der Waals surface area (Å²) < 4.78 is 52.1. The number of carbonyl (C=O) groups excluding carboxylic acids is 1. The first-order valence-electron chi connectivity index (χ1n) is 16.9. The number of amides is 2. The summed E-state index contributed by atoms with van der Waals surface area (Å²) in [6.07, 6.45) is 3.34. The van der Waals surface area contributed by atoms with Gasteiger partial charge >= 0.3 is 6.03 Å². The molecule has 3 aliphatic rings. The number of nitrogens with one attached hydrogen (secondary N) is 2. The zero-order chi connectivity index (χ0) is 34.3. The third-order valence-corrected chi connectivity index (χ3v) is 11.8. The molecule has 0 radical (unpaired) electrons. The SMILES string of the molecule is CO[C@@H]1COc2c(S(=O)(=NC(c3ccccc3)(c3ccccc3)c3ccccc3)NC(=O)Nc3c4c(cc5c3C[C@H](F)C5)CCC4)cnn2C1. The molecule has 5 aromatic rings. The van der Waals surface area contributed by atoms with E-state index in [4.69, 9.17) is 13.8 Å². The van der Waals surface area contributed by atoms with Crippen molar-refractivity contribution in [2.75, 3.05) is 19.0 Å². The fourth-order valence-electron chi connectivity index (χ4n) is 7.61. The van der Waals surface area contributed by atoms with Crippen LogP contribution >= 0.6 is 0 Å². The first kappa shape index (κ1) is 32.2. The lowest BCUT2D eigenvalue weighted by atomic mass is 9.78. The highest BCUT2D eigenvalue weighted by atomic mass is 32.2. The summed E-state index contributed by atoms with van der Waals surface area (Å²) in [5.74, 6) is 0.247. The molecule has 256 valence electrons. The molecule has 50 heavy (non-hydrogen) atoms. The maximum Gasteiger partial charge on any atom is 0.331 e. The van der Waals surface area contributed by atoms with Crippen molar-refractivity contribution in [3.8, 4) is 5.88 Å². The van der Waals surface area contributed by atoms with E-state index in [1.807, 2.05) is 91.0 Å². The van der Waals surface area contributed by atoms with Gasteiger partial charge in [0.05, 0.1) is 12.7 Å². The van der Waals surface area contributed by atoms with Gasteiger partial charge in [-0.15, -0.1) is 0 Å². The molecule has 0 saturated heterocycles. The number of anilines is 1. The molecule has 2 heterocycles. The van der Waals surface area contributed by atoms with Gasteiger partial charge in [0.2, 0.25) is 5.88 Å². The van der Waals surface area contributed by atoms with Gasteiger partial charge in [-0.3, -0.25) is 0 Å². The largest absolute Gasteiger partial charge is 0.474 e. The number of urea groups is 1. The number of rotatable bonds is 8. The number of benzene rings is 4. The van der Waals surface area contributed by atoms with Crippen molar-refractivity contribution in [1.29, 1.82) is 0 Å². The summed E-state index contributed by atoms with van der Waals surface area (Å²) >= 11 is 0. The number of halogens is 1. The van der Waals surface area contributed by atoms with E-state index in [-0.39, 0.29) is 29.9 Å². The van der Waals surface area contributed by atoms with E-state index in [0.717, 1.165) is 58.2 Å². The minimum absolute atomic E-state index is 0.140. The lowest BCUT2D eigenvalue weighted by Crippen LogP contribution is -2.39. The van der Waals surface area contributed by atoms with Gasteiger partial charge in [0.15, 0.2) is 9.92 Å². The molecule has 11 heteroatoms. The molecule has 2 N–H and O–H groups in total. The van der Waals surface area contributed by atoms with Crippen LogP contribution in [0.3, 0.4) is 0 Å². The van der Waals surface area contributed by atoms with E-state index in [9.17, 15) is 9.18 Å². The van der Waals surface area contributed by atoms with Crippen LogP contribution in [0.15, 0.2) is 113 Å². The Morgan fingerprint density at radius 2 is 1.58 bits per heavy atom. The quantitative estimate of drug-likeness (QED) is 0.175. The monoisotopic (exact) mass is 691 g/mol. The second-order valence-corrected chi connectivity index (χ2v) is 14.9. The minimum Gasteiger partial charge on any atom is -0.474 e. The average Bonchev–Trinajstić information content (AvgIpc) is 3.89. The summed E-state index contributed by atoms with van der Waals surface area (Å²) in [6, 6.07) is 30.3. The standard InChI is InChI=1S/C39H38FN5O4S/c1-48-32-24-45-37(49-25-32)35(23-41-45)50(47,43-38(46)42-36-33-19-11-12-26(33)20-27-21-31(40)22-34(27)36)44-39(28-13-5-2-6-14-28,29-15-7-3-8-16-29)30-17-9-4-10-18-30/h2-10,13-18,20,23,31-32H,11-12,19,21-22,24-25H2,1H3,(H2,42,43,44,46,47)/t31-,32+,50?/m1/s1. The first-order valence-corrected chi connectivity index (χ1v) is 18.4. The number of fused-ring (bicyclic) bond motifs is 3. The Balaban J connectivity index is 1.33. The van der Waals surface area contributed by atoms with E-state index in [0.29, 0.717) is 18.7 Å². The van der Waals surface area contributed by atoms with Crippen molar-refractivity contribution >= 4 is 21.6 Å². The number of ether oxygens (including phenoxy) is 2. The Morgan fingerprint density at radius 1 is 0.940 bits per heavy atom. The molecule has 0 saturated carbocycles. The number of hydrogen-bond donors (Lipinski definition) is 2. The molecular formula is C39H38FN5O4S. The van der Waals surface area contributed by atoms with Gasteiger partial charge in [-0.25, -0.2) is 22.8 Å². The lowest BCUT2D eigenvalue weighted by Gasteiger charge is -2.33. The van der Waals surface area contributed by atoms with Crippen LogP contribution in [-0.4, -0.2) is 46.0 Å². The van der Waals surface area contributed by atoms with Gasteiger partial charge in [0.1, 0.15) is 29.3 Å². The minimum atomic E-state index is -3.91. The van der Waals surface area contributed by atoms with E-state index in [2.05, 4.69) is 21.2 Å². The van der Waals surface area contributed by atoms with Crippen molar-refractivity contribution in [2.45, 2.75) is 61.4 Å². The molecule has 1 aliphatic heterocycles. The first-order chi connectivity index (χ1) is 24.4. The molecule has 4 aromatic carbocycles. The topological polar surface area (TPSA) is 107 Å². The van der Waals surface area contributed by atoms with Crippen LogP contribution in [0.1, 0.15) is 45.4 Å². The van der Waals surface area contributed by atoms with Crippen molar-refractivity contribution < 1.29 is 22.9 Å². The predicted octanol–water partition coefficient (Wildman–Crippen LogP) is 6.77. The molecule has 2 aliphatic carbocycles. The summed E-state index contributed by atoms with van der Waals surface area (Å²) in [5, 5.41) is 7.56. The average molecular weight is 692 g/mol. The van der Waals surface area contributed by atoms with Crippen molar-refractivity contribution in [3.05, 3.63) is 142 Å². The highest BCUT2D eigenvalue weighted by Gasteiger charge is 2.41. The molecular weight excluding hydrogens is 654 g/mol. The van der Waals surface area contributed by atoms with Crippen LogP contribution < -0.4 is 14.8 Å². The maximum absolute atomic E-state index is 16.0. The summed E-state index contributed by atoms with van der Waals surface area (Å²) in [4.78, 5) is 14.5. The second-order valence-electron chi connectivity index (χ2n) is 13.0. The van der Waals surface area contributed by atoms with Crippen molar-refractivity contribution in [3.63, 3.8) is 0 Å². The fourth-order valence-corrected chi connectivity index (χ4v) is 9.46. The summed E-state index contributed by atoms with van der Waals surface area (Å²) in [6.45, 7) is 0.590. The molecule has 0 spiro atoms. The number of aromatic nitrogens is 2. The number of methoxy groups -OCH3 is 1.